The van der Waals surface area contributed by atoms with Crippen molar-refractivity contribution >= 4 is 21.4 Å². The van der Waals surface area contributed by atoms with Crippen LogP contribution in [0.3, 0.4) is 0 Å². The maximum atomic E-state index is 14.0. The number of sulfonamides is 1. The molecular weight excluding hydrogens is 305 g/mol. The molecule has 0 amide bonds. The number of likely N-dealkylation sites (N-methyl/N-ethyl adjacent to an activating group) is 1. The van der Waals surface area contributed by atoms with Crippen LogP contribution >= 0.6 is 0 Å². The van der Waals surface area contributed by atoms with E-state index in [9.17, 15) is 28.0 Å². The lowest BCUT2D eigenvalue weighted by Crippen LogP contribution is -2.47. The van der Waals surface area contributed by atoms with Crippen molar-refractivity contribution in [2.45, 2.75) is 24.3 Å². The molecule has 1 rings (SSSR count). The van der Waals surface area contributed by atoms with Gasteiger partial charge in [0.2, 0.25) is 10.0 Å². The van der Waals surface area contributed by atoms with Crippen LogP contribution in [0.15, 0.2) is 17.0 Å². The Labute approximate surface area is 121 Å². The number of halogens is 1. The number of nitro benzene ring substituents is 1. The summed E-state index contributed by atoms with van der Waals surface area (Å²) in [6.07, 6.45) is 0. The minimum atomic E-state index is -4.36. The normalized spacial score (nSPS) is 12.7. The summed E-state index contributed by atoms with van der Waals surface area (Å²) in [5, 5.41) is 19.8. The standard InChI is InChI=1S/C11H16FN3O5S/c1-11(2,6-16)14(3)21(19,20)10-8(12)4-7(15(17)18)5-9(10)13/h4-5,16H,6,13H2,1-3H3. The summed E-state index contributed by atoms with van der Waals surface area (Å²) < 4.78 is 39.5. The number of hydrogen-bond acceptors (Lipinski definition) is 6. The Kier molecular flexibility index (Phi) is 4.56. The second-order valence-corrected chi connectivity index (χ2v) is 6.95. The Morgan fingerprint density at radius 3 is 2.38 bits per heavy atom. The highest BCUT2D eigenvalue weighted by Crippen LogP contribution is 2.31. The molecule has 0 bridgehead atoms. The molecule has 0 saturated heterocycles. The number of benzene rings is 1. The largest absolute Gasteiger partial charge is 0.397 e. The SMILES string of the molecule is CN(C(C)(C)CO)S(=O)(=O)c1c(N)cc([N+](=O)[O-])cc1F. The Morgan fingerprint density at radius 1 is 1.48 bits per heavy atom. The Balaban J connectivity index is 3.50. The Morgan fingerprint density at radius 2 is 2.00 bits per heavy atom. The molecule has 0 aliphatic heterocycles. The zero-order valence-electron chi connectivity index (χ0n) is 11.7. The predicted octanol–water partition coefficient (Wildman–Crippen LogP) is 0.708. The van der Waals surface area contributed by atoms with Crippen LogP contribution in [0.25, 0.3) is 0 Å². The van der Waals surface area contributed by atoms with E-state index in [-0.39, 0.29) is 0 Å². The first kappa shape index (κ1) is 17.3. The van der Waals surface area contributed by atoms with E-state index < -0.39 is 49.2 Å². The molecule has 118 valence electrons. The molecule has 1 aromatic rings. The molecule has 1 aromatic carbocycles. The molecule has 0 saturated carbocycles. The van der Waals surface area contributed by atoms with E-state index in [1.165, 1.54) is 13.8 Å². The van der Waals surface area contributed by atoms with Gasteiger partial charge < -0.3 is 10.8 Å². The minimum absolute atomic E-state index is 0.489. The van der Waals surface area contributed by atoms with Crippen LogP contribution in [0.2, 0.25) is 0 Å². The number of nitrogens with two attached hydrogens (primary N) is 1. The van der Waals surface area contributed by atoms with Gasteiger partial charge in [-0.25, -0.2) is 12.8 Å². The van der Waals surface area contributed by atoms with Gasteiger partial charge >= 0.3 is 0 Å². The number of rotatable bonds is 5. The van der Waals surface area contributed by atoms with Crippen molar-refractivity contribution in [2.75, 3.05) is 19.4 Å². The summed E-state index contributed by atoms with van der Waals surface area (Å²) in [5.74, 6) is -1.32. The first-order valence-corrected chi connectivity index (χ1v) is 7.22. The van der Waals surface area contributed by atoms with E-state index >= 15 is 0 Å². The van der Waals surface area contributed by atoms with E-state index in [4.69, 9.17) is 5.73 Å². The lowest BCUT2D eigenvalue weighted by atomic mass is 10.1. The van der Waals surface area contributed by atoms with E-state index in [1.54, 1.807) is 0 Å². The van der Waals surface area contributed by atoms with Crippen molar-refractivity contribution in [1.29, 1.82) is 0 Å². The number of aliphatic hydroxyl groups excluding tert-OH is 1. The van der Waals surface area contributed by atoms with Crippen LogP contribution in [-0.2, 0) is 10.0 Å². The molecule has 0 unspecified atom stereocenters. The topological polar surface area (TPSA) is 127 Å². The quantitative estimate of drug-likeness (QED) is 0.467. The third-order valence-corrected chi connectivity index (χ3v) is 5.29. The third kappa shape index (κ3) is 3.12. The second-order valence-electron chi connectivity index (χ2n) is 5.05. The van der Waals surface area contributed by atoms with E-state index in [2.05, 4.69) is 0 Å². The van der Waals surface area contributed by atoms with Crippen LogP contribution in [0.1, 0.15) is 13.8 Å². The number of hydrogen-bond donors (Lipinski definition) is 2. The average molecular weight is 321 g/mol. The number of nitrogens with zero attached hydrogens (tertiary/aromatic N) is 2. The molecular formula is C11H16FN3O5S. The summed E-state index contributed by atoms with van der Waals surface area (Å²) in [6.45, 7) is 2.37. The summed E-state index contributed by atoms with van der Waals surface area (Å²) in [6, 6.07) is 1.26. The second kappa shape index (κ2) is 5.54. The van der Waals surface area contributed by atoms with Crippen molar-refractivity contribution in [2.24, 2.45) is 0 Å². The first-order valence-electron chi connectivity index (χ1n) is 5.78. The summed E-state index contributed by atoms with van der Waals surface area (Å²) in [7, 11) is -3.20. The Hall–Kier alpha value is -1.78. The molecule has 0 fully saturated rings. The number of anilines is 1. The number of non-ortho nitro benzene ring substituents is 1. The lowest BCUT2D eigenvalue weighted by molar-refractivity contribution is -0.385. The van der Waals surface area contributed by atoms with Gasteiger partial charge in [-0.05, 0) is 13.8 Å². The van der Waals surface area contributed by atoms with Gasteiger partial charge in [-0.3, -0.25) is 10.1 Å². The summed E-state index contributed by atoms with van der Waals surface area (Å²) in [5.41, 5.74) is 3.05. The number of aliphatic hydroxyl groups is 1. The average Bonchev–Trinajstić information content (AvgIpc) is 2.36. The molecule has 8 nitrogen and oxygen atoms in total. The fraction of sp³-hybridized carbons (Fsp3) is 0.455. The first-order chi connectivity index (χ1) is 9.45. The molecule has 3 N–H and O–H groups in total. The summed E-state index contributed by atoms with van der Waals surface area (Å²) >= 11 is 0. The monoisotopic (exact) mass is 321 g/mol. The van der Waals surface area contributed by atoms with Gasteiger partial charge in [0, 0.05) is 13.1 Å². The molecule has 21 heavy (non-hydrogen) atoms. The Bertz CT molecular complexity index is 651. The fourth-order valence-corrected chi connectivity index (χ4v) is 3.18. The van der Waals surface area contributed by atoms with E-state index in [1.807, 2.05) is 0 Å². The van der Waals surface area contributed by atoms with E-state index in [0.717, 1.165) is 17.4 Å². The molecule has 0 radical (unpaired) electrons. The summed E-state index contributed by atoms with van der Waals surface area (Å²) in [4.78, 5) is 8.87. The van der Waals surface area contributed by atoms with Gasteiger partial charge in [0.15, 0.2) is 5.82 Å². The van der Waals surface area contributed by atoms with Gasteiger partial charge in [0.1, 0.15) is 4.90 Å². The molecule has 0 atom stereocenters. The van der Waals surface area contributed by atoms with Crippen LogP contribution in [0.5, 0.6) is 0 Å². The highest BCUT2D eigenvalue weighted by atomic mass is 32.2. The predicted molar refractivity (Wildman–Crippen MR) is 73.6 cm³/mol. The minimum Gasteiger partial charge on any atom is -0.397 e. The number of nitrogen functional groups attached to an aromatic ring is 1. The maximum Gasteiger partial charge on any atom is 0.274 e. The third-order valence-electron chi connectivity index (χ3n) is 3.13. The zero-order chi connectivity index (χ0) is 16.6. The molecule has 0 aromatic heterocycles. The van der Waals surface area contributed by atoms with Gasteiger partial charge in [0.05, 0.1) is 28.8 Å². The zero-order valence-corrected chi connectivity index (χ0v) is 12.5. The van der Waals surface area contributed by atoms with Crippen molar-refractivity contribution < 1.29 is 22.8 Å². The molecule has 0 spiro atoms. The molecule has 10 heteroatoms. The molecule has 0 aliphatic carbocycles. The van der Waals surface area contributed by atoms with Crippen LogP contribution in [-0.4, -0.2) is 41.9 Å². The highest BCUT2D eigenvalue weighted by molar-refractivity contribution is 7.89. The highest BCUT2D eigenvalue weighted by Gasteiger charge is 2.37. The van der Waals surface area contributed by atoms with Crippen LogP contribution in [0, 0.1) is 15.9 Å². The van der Waals surface area contributed by atoms with Crippen LogP contribution in [0.4, 0.5) is 15.8 Å². The van der Waals surface area contributed by atoms with Crippen LogP contribution < -0.4 is 5.73 Å². The smallest absolute Gasteiger partial charge is 0.274 e. The molecule has 0 aliphatic rings. The van der Waals surface area contributed by atoms with Gasteiger partial charge in [-0.15, -0.1) is 0 Å². The maximum absolute atomic E-state index is 14.0. The van der Waals surface area contributed by atoms with Gasteiger partial charge in [-0.1, -0.05) is 0 Å². The number of nitro groups is 1. The van der Waals surface area contributed by atoms with E-state index in [0.29, 0.717) is 6.07 Å². The van der Waals surface area contributed by atoms with Crippen molar-refractivity contribution in [3.63, 3.8) is 0 Å². The fourth-order valence-electron chi connectivity index (χ4n) is 1.54. The van der Waals surface area contributed by atoms with Crippen molar-refractivity contribution in [3.05, 3.63) is 28.1 Å². The van der Waals surface area contributed by atoms with Crippen molar-refractivity contribution in [3.8, 4) is 0 Å². The molecule has 0 heterocycles. The lowest BCUT2D eigenvalue weighted by Gasteiger charge is -2.33. The van der Waals surface area contributed by atoms with Gasteiger partial charge in [-0.2, -0.15) is 4.31 Å². The van der Waals surface area contributed by atoms with Gasteiger partial charge in [0.25, 0.3) is 5.69 Å². The van der Waals surface area contributed by atoms with Crippen molar-refractivity contribution in [1.82, 2.24) is 4.31 Å².